The van der Waals surface area contributed by atoms with Gasteiger partial charge in [-0.2, -0.15) is 0 Å². The number of phenolic OH excluding ortho intramolecular Hbond substituents is 1. The number of guanidine groups is 1. The molecule has 0 aliphatic heterocycles. The Balaban J connectivity index is 1.78. The van der Waals surface area contributed by atoms with E-state index in [9.17, 15) is 9.50 Å². The second kappa shape index (κ2) is 11.0. The fourth-order valence-electron chi connectivity index (χ4n) is 2.71. The van der Waals surface area contributed by atoms with Crippen molar-refractivity contribution in [2.45, 2.75) is 26.3 Å². The molecule has 28 heavy (non-hydrogen) atoms. The van der Waals surface area contributed by atoms with Crippen LogP contribution in [0, 0.1) is 5.82 Å². The van der Waals surface area contributed by atoms with Gasteiger partial charge in [0.1, 0.15) is 0 Å². The molecule has 0 spiro atoms. The summed E-state index contributed by atoms with van der Waals surface area (Å²) in [4.78, 5) is 4.16. The SMILES string of the molecule is CCOc1cc(CCCNC(=NC)NCc2ccc(O)c(F)c2)ccc1OC. The van der Waals surface area contributed by atoms with Gasteiger partial charge >= 0.3 is 0 Å². The van der Waals surface area contributed by atoms with Crippen molar-refractivity contribution >= 4 is 5.96 Å². The van der Waals surface area contributed by atoms with Crippen LogP contribution in [0.5, 0.6) is 17.2 Å². The number of phenols is 1. The highest BCUT2D eigenvalue weighted by molar-refractivity contribution is 5.79. The van der Waals surface area contributed by atoms with Crippen molar-refractivity contribution in [2.75, 3.05) is 27.3 Å². The minimum atomic E-state index is -0.631. The Hall–Kier alpha value is -2.96. The predicted octanol–water partition coefficient (Wildman–Crippen LogP) is 3.24. The summed E-state index contributed by atoms with van der Waals surface area (Å²) in [7, 11) is 3.32. The van der Waals surface area contributed by atoms with Gasteiger partial charge in [-0.15, -0.1) is 0 Å². The van der Waals surface area contributed by atoms with Crippen molar-refractivity contribution in [1.82, 2.24) is 10.6 Å². The molecule has 0 aromatic heterocycles. The molecule has 0 radical (unpaired) electrons. The van der Waals surface area contributed by atoms with Crippen LogP contribution in [0.4, 0.5) is 4.39 Å². The Morgan fingerprint density at radius 2 is 1.89 bits per heavy atom. The second-order valence-corrected chi connectivity index (χ2v) is 6.16. The van der Waals surface area contributed by atoms with Crippen molar-refractivity contribution in [2.24, 2.45) is 4.99 Å². The molecule has 0 aliphatic carbocycles. The number of aromatic hydroxyl groups is 1. The van der Waals surface area contributed by atoms with Crippen LogP contribution in [0.3, 0.4) is 0 Å². The summed E-state index contributed by atoms with van der Waals surface area (Å²) in [6.45, 7) is 3.68. The number of nitrogens with one attached hydrogen (secondary N) is 2. The van der Waals surface area contributed by atoms with Gasteiger partial charge in [-0.1, -0.05) is 12.1 Å². The lowest BCUT2D eigenvalue weighted by atomic mass is 10.1. The smallest absolute Gasteiger partial charge is 0.191 e. The van der Waals surface area contributed by atoms with E-state index < -0.39 is 5.82 Å². The minimum Gasteiger partial charge on any atom is -0.505 e. The zero-order valence-corrected chi connectivity index (χ0v) is 16.6. The van der Waals surface area contributed by atoms with Crippen molar-refractivity contribution < 1.29 is 19.0 Å². The topological polar surface area (TPSA) is 75.1 Å². The third kappa shape index (κ3) is 6.33. The Morgan fingerprint density at radius 3 is 2.57 bits per heavy atom. The highest BCUT2D eigenvalue weighted by Crippen LogP contribution is 2.28. The molecule has 2 rings (SSSR count). The molecule has 0 saturated heterocycles. The van der Waals surface area contributed by atoms with Gasteiger partial charge < -0.3 is 25.2 Å². The zero-order valence-electron chi connectivity index (χ0n) is 16.6. The molecule has 2 aromatic rings. The first-order chi connectivity index (χ1) is 13.6. The molecule has 0 aliphatic rings. The molecule has 0 unspecified atom stereocenters. The first-order valence-corrected chi connectivity index (χ1v) is 9.29. The van der Waals surface area contributed by atoms with E-state index in [4.69, 9.17) is 9.47 Å². The van der Waals surface area contributed by atoms with Crippen LogP contribution in [0.1, 0.15) is 24.5 Å². The quantitative estimate of drug-likeness (QED) is 0.349. The van der Waals surface area contributed by atoms with Crippen LogP contribution in [0.2, 0.25) is 0 Å². The third-order valence-electron chi connectivity index (χ3n) is 4.16. The highest BCUT2D eigenvalue weighted by Gasteiger charge is 2.06. The summed E-state index contributed by atoms with van der Waals surface area (Å²) in [5.41, 5.74) is 1.90. The van der Waals surface area contributed by atoms with Crippen molar-refractivity contribution in [3.63, 3.8) is 0 Å². The van der Waals surface area contributed by atoms with E-state index in [1.807, 2.05) is 25.1 Å². The van der Waals surface area contributed by atoms with Crippen molar-refractivity contribution in [1.29, 1.82) is 0 Å². The summed E-state index contributed by atoms with van der Waals surface area (Å²) < 4.78 is 24.3. The second-order valence-electron chi connectivity index (χ2n) is 6.16. The highest BCUT2D eigenvalue weighted by atomic mass is 19.1. The van der Waals surface area contributed by atoms with Crippen LogP contribution >= 0.6 is 0 Å². The summed E-state index contributed by atoms with van der Waals surface area (Å²) >= 11 is 0. The summed E-state index contributed by atoms with van der Waals surface area (Å²) in [5, 5.41) is 15.6. The Kier molecular flexibility index (Phi) is 8.39. The number of rotatable bonds is 9. The Labute approximate surface area is 165 Å². The standard InChI is InChI=1S/C21H28FN3O3/c1-4-28-20-13-15(8-10-19(20)27-3)6-5-11-24-21(23-2)25-14-16-7-9-18(26)17(22)12-16/h7-10,12-13,26H,4-6,11,14H2,1-3H3,(H2,23,24,25). The number of nitrogens with zero attached hydrogens (tertiary/aromatic N) is 1. The number of hydrogen-bond acceptors (Lipinski definition) is 4. The van der Waals surface area contributed by atoms with Crippen LogP contribution in [0.15, 0.2) is 41.4 Å². The first-order valence-electron chi connectivity index (χ1n) is 9.29. The van der Waals surface area contributed by atoms with Gasteiger partial charge in [-0.25, -0.2) is 4.39 Å². The lowest BCUT2D eigenvalue weighted by Gasteiger charge is -2.13. The van der Waals surface area contributed by atoms with Gasteiger partial charge in [0.05, 0.1) is 13.7 Å². The summed E-state index contributed by atoms with van der Waals surface area (Å²) in [6, 6.07) is 10.3. The molecule has 2 aromatic carbocycles. The molecule has 0 heterocycles. The molecule has 7 heteroatoms. The molecule has 0 bridgehead atoms. The molecule has 0 atom stereocenters. The number of aliphatic imine (C=N–C) groups is 1. The normalized spacial score (nSPS) is 11.2. The molecule has 0 amide bonds. The molecule has 0 fully saturated rings. The van der Waals surface area contributed by atoms with Crippen LogP contribution in [-0.4, -0.2) is 38.4 Å². The van der Waals surface area contributed by atoms with E-state index in [-0.39, 0.29) is 5.75 Å². The monoisotopic (exact) mass is 389 g/mol. The maximum absolute atomic E-state index is 13.4. The maximum Gasteiger partial charge on any atom is 0.191 e. The van der Waals surface area contributed by atoms with Crippen LogP contribution < -0.4 is 20.1 Å². The average molecular weight is 389 g/mol. The van der Waals surface area contributed by atoms with E-state index in [1.165, 1.54) is 17.7 Å². The van der Waals surface area contributed by atoms with E-state index in [1.54, 1.807) is 20.2 Å². The average Bonchev–Trinajstić information content (AvgIpc) is 2.70. The number of hydrogen-bond donors (Lipinski definition) is 3. The van der Waals surface area contributed by atoms with Gasteiger partial charge in [0.25, 0.3) is 0 Å². The number of ether oxygens (including phenoxy) is 2. The van der Waals surface area contributed by atoms with Crippen molar-refractivity contribution in [3.8, 4) is 17.2 Å². The molecule has 152 valence electrons. The molecular formula is C21H28FN3O3. The van der Waals surface area contributed by atoms with Crippen LogP contribution in [0.25, 0.3) is 0 Å². The molecule has 0 saturated carbocycles. The fourth-order valence-corrected chi connectivity index (χ4v) is 2.71. The number of methoxy groups -OCH3 is 1. The molecular weight excluding hydrogens is 361 g/mol. The Morgan fingerprint density at radius 1 is 1.11 bits per heavy atom. The summed E-state index contributed by atoms with van der Waals surface area (Å²) in [5.74, 6) is 1.15. The van der Waals surface area contributed by atoms with E-state index in [0.29, 0.717) is 19.1 Å². The van der Waals surface area contributed by atoms with E-state index >= 15 is 0 Å². The van der Waals surface area contributed by atoms with Gasteiger partial charge in [0.2, 0.25) is 0 Å². The first kappa shape index (κ1) is 21.3. The van der Waals surface area contributed by atoms with Gasteiger partial charge in [-0.05, 0) is 55.2 Å². The summed E-state index contributed by atoms with van der Waals surface area (Å²) in [6.07, 6.45) is 1.80. The number of benzene rings is 2. The molecule has 3 N–H and O–H groups in total. The van der Waals surface area contributed by atoms with Gasteiger partial charge in [0.15, 0.2) is 29.0 Å². The van der Waals surface area contributed by atoms with Gasteiger partial charge in [-0.3, -0.25) is 4.99 Å². The molecule has 6 nitrogen and oxygen atoms in total. The maximum atomic E-state index is 13.4. The van der Waals surface area contributed by atoms with Gasteiger partial charge in [0, 0.05) is 20.1 Å². The Bertz CT molecular complexity index is 796. The lowest BCUT2D eigenvalue weighted by molar-refractivity contribution is 0.310. The predicted molar refractivity (Wildman–Crippen MR) is 109 cm³/mol. The number of halogens is 1. The minimum absolute atomic E-state index is 0.350. The van der Waals surface area contributed by atoms with Crippen LogP contribution in [-0.2, 0) is 13.0 Å². The largest absolute Gasteiger partial charge is 0.505 e. The number of aryl methyl sites for hydroxylation is 1. The lowest BCUT2D eigenvalue weighted by Crippen LogP contribution is -2.37. The van der Waals surface area contributed by atoms with E-state index in [0.717, 1.165) is 36.4 Å². The third-order valence-corrected chi connectivity index (χ3v) is 4.16. The van der Waals surface area contributed by atoms with E-state index in [2.05, 4.69) is 15.6 Å². The zero-order chi connectivity index (χ0) is 20.4. The van der Waals surface area contributed by atoms with Crippen molar-refractivity contribution in [3.05, 3.63) is 53.3 Å². The fraction of sp³-hybridized carbons (Fsp3) is 0.381.